The summed E-state index contributed by atoms with van der Waals surface area (Å²) >= 11 is 4.39. The Labute approximate surface area is 62.2 Å². The Morgan fingerprint density at radius 2 is 2.33 bits per heavy atom. The summed E-state index contributed by atoms with van der Waals surface area (Å²) in [7, 11) is 0. The molecule has 2 unspecified atom stereocenters. The molecular weight excluding hydrogens is 132 g/mol. The molecular formula is C7H14OS. The van der Waals surface area contributed by atoms with Crippen LogP contribution in [0.2, 0.25) is 0 Å². The van der Waals surface area contributed by atoms with Crippen LogP contribution < -0.4 is 0 Å². The molecule has 2 heteroatoms. The molecule has 0 radical (unpaired) electrons. The molecule has 0 aromatic carbocycles. The van der Waals surface area contributed by atoms with Crippen molar-refractivity contribution < 1.29 is 4.74 Å². The largest absolute Gasteiger partial charge is 0.365 e. The molecule has 0 saturated carbocycles. The van der Waals surface area contributed by atoms with Gasteiger partial charge in [-0.2, -0.15) is 0 Å². The van der Waals surface area contributed by atoms with Gasteiger partial charge in [-0.15, -0.1) is 12.6 Å². The molecule has 9 heavy (non-hydrogen) atoms. The molecule has 1 nitrogen and oxygen atoms in total. The van der Waals surface area contributed by atoms with Gasteiger partial charge in [-0.3, -0.25) is 0 Å². The highest BCUT2D eigenvalue weighted by molar-refractivity contribution is 7.81. The number of ether oxygens (including phenoxy) is 1. The predicted molar refractivity (Wildman–Crippen MR) is 41.7 cm³/mol. The SMILES string of the molecule is CC1CCCOC1(C)S. The third kappa shape index (κ3) is 1.62. The highest BCUT2D eigenvalue weighted by Gasteiger charge is 2.30. The second-order valence-electron chi connectivity index (χ2n) is 2.95. The van der Waals surface area contributed by atoms with E-state index in [-0.39, 0.29) is 4.93 Å². The molecule has 0 aliphatic carbocycles. The fourth-order valence-electron chi connectivity index (χ4n) is 1.08. The van der Waals surface area contributed by atoms with Crippen LogP contribution in [0.15, 0.2) is 0 Å². The summed E-state index contributed by atoms with van der Waals surface area (Å²) < 4.78 is 5.44. The smallest absolute Gasteiger partial charge is 0.110 e. The third-order valence-electron chi connectivity index (χ3n) is 2.09. The maximum absolute atomic E-state index is 5.44. The minimum Gasteiger partial charge on any atom is -0.365 e. The Morgan fingerprint density at radius 3 is 2.67 bits per heavy atom. The molecule has 0 N–H and O–H groups in total. The van der Waals surface area contributed by atoms with Crippen LogP contribution in [0.4, 0.5) is 0 Å². The minimum atomic E-state index is -0.168. The van der Waals surface area contributed by atoms with Crippen LogP contribution in [0, 0.1) is 5.92 Å². The van der Waals surface area contributed by atoms with E-state index in [9.17, 15) is 0 Å². The van der Waals surface area contributed by atoms with Crippen molar-refractivity contribution in [3.05, 3.63) is 0 Å². The molecule has 54 valence electrons. The molecule has 1 heterocycles. The zero-order valence-electron chi connectivity index (χ0n) is 6.05. The van der Waals surface area contributed by atoms with Gasteiger partial charge in [-0.1, -0.05) is 6.92 Å². The summed E-state index contributed by atoms with van der Waals surface area (Å²) in [6.07, 6.45) is 2.44. The summed E-state index contributed by atoms with van der Waals surface area (Å²) in [5, 5.41) is 0. The average Bonchev–Trinajstić information content (AvgIpc) is 1.77. The van der Waals surface area contributed by atoms with E-state index in [1.165, 1.54) is 12.8 Å². The first kappa shape index (κ1) is 7.42. The molecule has 0 spiro atoms. The Bertz CT molecular complexity index is 101. The van der Waals surface area contributed by atoms with E-state index in [4.69, 9.17) is 4.74 Å². The quantitative estimate of drug-likeness (QED) is 0.515. The van der Waals surface area contributed by atoms with Crippen molar-refractivity contribution in [1.82, 2.24) is 0 Å². The van der Waals surface area contributed by atoms with Gasteiger partial charge in [0.2, 0.25) is 0 Å². The van der Waals surface area contributed by atoms with Crippen molar-refractivity contribution in [1.29, 1.82) is 0 Å². The Morgan fingerprint density at radius 1 is 1.67 bits per heavy atom. The second kappa shape index (κ2) is 2.51. The second-order valence-corrected chi connectivity index (χ2v) is 3.83. The van der Waals surface area contributed by atoms with E-state index in [0.717, 1.165) is 6.61 Å². The summed E-state index contributed by atoms with van der Waals surface area (Å²) in [5.74, 6) is 0.592. The first-order valence-corrected chi connectivity index (χ1v) is 3.94. The molecule has 0 amide bonds. The van der Waals surface area contributed by atoms with Crippen LogP contribution in [0.1, 0.15) is 26.7 Å². The number of hydrogen-bond donors (Lipinski definition) is 1. The van der Waals surface area contributed by atoms with Gasteiger partial charge in [0, 0.05) is 6.61 Å². The van der Waals surface area contributed by atoms with Gasteiger partial charge in [0.1, 0.15) is 4.93 Å². The predicted octanol–water partition coefficient (Wildman–Crippen LogP) is 2.08. The monoisotopic (exact) mass is 146 g/mol. The molecule has 0 aromatic rings. The molecule has 1 aliphatic heterocycles. The lowest BCUT2D eigenvalue weighted by atomic mass is 9.97. The lowest BCUT2D eigenvalue weighted by Gasteiger charge is -2.35. The van der Waals surface area contributed by atoms with Gasteiger partial charge in [0.15, 0.2) is 0 Å². The number of rotatable bonds is 0. The highest BCUT2D eigenvalue weighted by Crippen LogP contribution is 2.33. The van der Waals surface area contributed by atoms with E-state index < -0.39 is 0 Å². The third-order valence-corrected chi connectivity index (χ3v) is 2.66. The van der Waals surface area contributed by atoms with Gasteiger partial charge < -0.3 is 4.74 Å². The topological polar surface area (TPSA) is 9.23 Å². The van der Waals surface area contributed by atoms with Gasteiger partial charge in [-0.25, -0.2) is 0 Å². The Kier molecular flexibility index (Phi) is 2.07. The number of thiol groups is 1. The fraction of sp³-hybridized carbons (Fsp3) is 1.00. The molecule has 2 atom stereocenters. The van der Waals surface area contributed by atoms with Gasteiger partial charge in [0.25, 0.3) is 0 Å². The molecule has 1 aliphatic rings. The summed E-state index contributed by atoms with van der Waals surface area (Å²) in [4.78, 5) is -0.168. The van der Waals surface area contributed by atoms with Gasteiger partial charge in [-0.05, 0) is 25.7 Å². The maximum atomic E-state index is 5.44. The van der Waals surface area contributed by atoms with Crippen molar-refractivity contribution in [2.24, 2.45) is 5.92 Å². The van der Waals surface area contributed by atoms with Crippen LogP contribution in [-0.2, 0) is 4.74 Å². The molecule has 1 rings (SSSR count). The van der Waals surface area contributed by atoms with E-state index >= 15 is 0 Å². The van der Waals surface area contributed by atoms with E-state index in [1.54, 1.807) is 0 Å². The first-order chi connectivity index (χ1) is 4.13. The van der Waals surface area contributed by atoms with Crippen LogP contribution in [0.3, 0.4) is 0 Å². The lowest BCUT2D eigenvalue weighted by molar-refractivity contribution is -0.0329. The van der Waals surface area contributed by atoms with E-state index in [2.05, 4.69) is 19.6 Å². The van der Waals surface area contributed by atoms with Crippen molar-refractivity contribution in [2.45, 2.75) is 31.6 Å². The van der Waals surface area contributed by atoms with E-state index in [0.29, 0.717) is 5.92 Å². The number of hydrogen-bond acceptors (Lipinski definition) is 2. The van der Waals surface area contributed by atoms with Gasteiger partial charge in [0.05, 0.1) is 0 Å². The molecule has 1 fully saturated rings. The Balaban J connectivity index is 2.49. The van der Waals surface area contributed by atoms with E-state index in [1.807, 2.05) is 6.92 Å². The fourth-order valence-corrected chi connectivity index (χ4v) is 1.30. The average molecular weight is 146 g/mol. The zero-order valence-corrected chi connectivity index (χ0v) is 6.95. The van der Waals surface area contributed by atoms with Crippen LogP contribution in [-0.4, -0.2) is 11.5 Å². The minimum absolute atomic E-state index is 0.168. The van der Waals surface area contributed by atoms with Crippen LogP contribution in [0.25, 0.3) is 0 Å². The molecule has 0 aromatic heterocycles. The summed E-state index contributed by atoms with van der Waals surface area (Å²) in [5.41, 5.74) is 0. The van der Waals surface area contributed by atoms with Crippen LogP contribution >= 0.6 is 12.6 Å². The standard InChI is InChI=1S/C7H14OS/c1-6-4-3-5-8-7(6,2)9/h6,9H,3-5H2,1-2H3. The van der Waals surface area contributed by atoms with Crippen molar-refractivity contribution in [3.63, 3.8) is 0 Å². The molecule has 1 saturated heterocycles. The van der Waals surface area contributed by atoms with Crippen LogP contribution in [0.5, 0.6) is 0 Å². The van der Waals surface area contributed by atoms with Crippen molar-refractivity contribution in [2.75, 3.05) is 6.61 Å². The first-order valence-electron chi connectivity index (χ1n) is 3.49. The summed E-state index contributed by atoms with van der Waals surface area (Å²) in [6, 6.07) is 0. The van der Waals surface area contributed by atoms with Gasteiger partial charge >= 0.3 is 0 Å². The summed E-state index contributed by atoms with van der Waals surface area (Å²) in [6.45, 7) is 5.11. The lowest BCUT2D eigenvalue weighted by Crippen LogP contribution is -2.34. The molecule has 0 bridgehead atoms. The normalized spacial score (nSPS) is 45.0. The maximum Gasteiger partial charge on any atom is 0.110 e. The zero-order chi connectivity index (χ0) is 6.91. The highest BCUT2D eigenvalue weighted by atomic mass is 32.1. The van der Waals surface area contributed by atoms with Crippen molar-refractivity contribution >= 4 is 12.6 Å². The van der Waals surface area contributed by atoms with Crippen molar-refractivity contribution in [3.8, 4) is 0 Å². The Hall–Kier alpha value is 0.310.